The molecule has 1 N–H and O–H groups in total. The Bertz CT molecular complexity index is 854. The van der Waals surface area contributed by atoms with Crippen LogP contribution in [-0.4, -0.2) is 16.7 Å². The lowest BCUT2D eigenvalue weighted by molar-refractivity contribution is -0.153. The zero-order valence-corrected chi connectivity index (χ0v) is 14.6. The van der Waals surface area contributed by atoms with Gasteiger partial charge < -0.3 is 9.84 Å². The molecule has 0 radical (unpaired) electrons. The molecule has 3 nitrogen and oxygen atoms in total. The fraction of sp³-hybridized carbons (Fsp3) is 0.250. The van der Waals surface area contributed by atoms with E-state index < -0.39 is 11.6 Å². The van der Waals surface area contributed by atoms with Crippen LogP contribution in [-0.2, 0) is 17.6 Å². The minimum atomic E-state index is -1.32. The largest absolute Gasteiger partial charge is 0.478 e. The predicted molar refractivity (Wildman–Crippen MR) is 98.0 cm³/mol. The van der Waals surface area contributed by atoms with E-state index >= 15 is 0 Å². The standard InChI is InChI=1S/C20H20O3S/c1-3-15-12-16-17(10-7-11-18(16)24-15)23-20(2,19(21)22)13-14-8-5-4-6-9-14/h4-12H,3,13H2,1-2H3,(H,21,22)/t20-/m1/s1. The fourth-order valence-electron chi connectivity index (χ4n) is 2.73. The Morgan fingerprint density at radius 3 is 2.58 bits per heavy atom. The molecule has 0 aliphatic heterocycles. The topological polar surface area (TPSA) is 46.5 Å². The molecule has 24 heavy (non-hydrogen) atoms. The van der Waals surface area contributed by atoms with Crippen molar-refractivity contribution in [2.24, 2.45) is 0 Å². The third-order valence-corrected chi connectivity index (χ3v) is 5.34. The number of hydrogen-bond donors (Lipinski definition) is 1. The van der Waals surface area contributed by atoms with Crippen molar-refractivity contribution >= 4 is 27.4 Å². The van der Waals surface area contributed by atoms with Gasteiger partial charge in [0.2, 0.25) is 5.60 Å². The van der Waals surface area contributed by atoms with Gasteiger partial charge in [0.1, 0.15) is 5.75 Å². The molecule has 0 bridgehead atoms. The van der Waals surface area contributed by atoms with E-state index in [0.29, 0.717) is 12.2 Å². The van der Waals surface area contributed by atoms with E-state index in [2.05, 4.69) is 13.0 Å². The third-order valence-electron chi connectivity index (χ3n) is 4.09. The highest BCUT2D eigenvalue weighted by Crippen LogP contribution is 2.35. The Morgan fingerprint density at radius 1 is 1.17 bits per heavy atom. The average Bonchev–Trinajstić information content (AvgIpc) is 3.00. The maximum Gasteiger partial charge on any atom is 0.348 e. The first-order chi connectivity index (χ1) is 11.5. The zero-order valence-electron chi connectivity index (χ0n) is 13.8. The van der Waals surface area contributed by atoms with E-state index in [1.807, 2.05) is 48.5 Å². The molecule has 0 amide bonds. The number of fused-ring (bicyclic) bond motifs is 1. The van der Waals surface area contributed by atoms with Gasteiger partial charge in [-0.1, -0.05) is 43.3 Å². The first-order valence-corrected chi connectivity index (χ1v) is 8.81. The molecule has 0 unspecified atom stereocenters. The van der Waals surface area contributed by atoms with E-state index in [1.165, 1.54) is 4.88 Å². The molecular formula is C20H20O3S. The number of aryl methyl sites for hydroxylation is 1. The second-order valence-corrected chi connectivity index (χ2v) is 7.20. The third kappa shape index (κ3) is 3.29. The van der Waals surface area contributed by atoms with E-state index in [0.717, 1.165) is 22.1 Å². The van der Waals surface area contributed by atoms with Crippen LogP contribution in [0.4, 0.5) is 0 Å². The van der Waals surface area contributed by atoms with Gasteiger partial charge in [-0.2, -0.15) is 0 Å². The van der Waals surface area contributed by atoms with Gasteiger partial charge in [0.25, 0.3) is 0 Å². The van der Waals surface area contributed by atoms with Crippen molar-refractivity contribution in [2.75, 3.05) is 0 Å². The summed E-state index contributed by atoms with van der Waals surface area (Å²) in [6, 6.07) is 17.5. The normalized spacial score (nSPS) is 13.6. The van der Waals surface area contributed by atoms with Gasteiger partial charge in [0.15, 0.2) is 0 Å². The van der Waals surface area contributed by atoms with Crippen molar-refractivity contribution in [3.05, 3.63) is 65.0 Å². The van der Waals surface area contributed by atoms with Crippen molar-refractivity contribution in [3.8, 4) is 5.75 Å². The summed E-state index contributed by atoms with van der Waals surface area (Å²) in [4.78, 5) is 13.2. The number of benzene rings is 2. The molecular weight excluding hydrogens is 320 g/mol. The van der Waals surface area contributed by atoms with Gasteiger partial charge in [0, 0.05) is 21.4 Å². The smallest absolute Gasteiger partial charge is 0.348 e. The summed E-state index contributed by atoms with van der Waals surface area (Å²) < 4.78 is 7.17. The number of carbonyl (C=O) groups is 1. The van der Waals surface area contributed by atoms with Crippen molar-refractivity contribution in [3.63, 3.8) is 0 Å². The van der Waals surface area contributed by atoms with Crippen LogP contribution in [0.25, 0.3) is 10.1 Å². The second-order valence-electron chi connectivity index (χ2n) is 6.03. The van der Waals surface area contributed by atoms with E-state index in [4.69, 9.17) is 4.74 Å². The van der Waals surface area contributed by atoms with Crippen molar-refractivity contribution in [1.29, 1.82) is 0 Å². The van der Waals surface area contributed by atoms with Gasteiger partial charge in [-0.25, -0.2) is 4.79 Å². The van der Waals surface area contributed by atoms with Crippen LogP contribution >= 0.6 is 11.3 Å². The molecule has 3 aromatic rings. The van der Waals surface area contributed by atoms with E-state index in [1.54, 1.807) is 18.3 Å². The Balaban J connectivity index is 1.96. The minimum Gasteiger partial charge on any atom is -0.478 e. The molecule has 0 saturated carbocycles. The number of ether oxygens (including phenoxy) is 1. The summed E-state index contributed by atoms with van der Waals surface area (Å²) in [6.07, 6.45) is 1.27. The SMILES string of the molecule is CCc1cc2c(O[C@](C)(Cc3ccccc3)C(=O)O)cccc2s1. The summed E-state index contributed by atoms with van der Waals surface area (Å²) >= 11 is 1.72. The molecule has 0 fully saturated rings. The summed E-state index contributed by atoms with van der Waals surface area (Å²) in [5.74, 6) is -0.335. The van der Waals surface area contributed by atoms with Crippen LogP contribution < -0.4 is 4.74 Å². The number of rotatable bonds is 6. The van der Waals surface area contributed by atoms with Gasteiger partial charge in [-0.3, -0.25) is 0 Å². The first-order valence-electron chi connectivity index (χ1n) is 7.99. The lowest BCUT2D eigenvalue weighted by Crippen LogP contribution is -2.43. The van der Waals surface area contributed by atoms with Crippen LogP contribution in [0.15, 0.2) is 54.6 Å². The highest BCUT2D eigenvalue weighted by Gasteiger charge is 2.36. The molecule has 124 valence electrons. The fourth-order valence-corrected chi connectivity index (χ4v) is 3.75. The Labute approximate surface area is 145 Å². The highest BCUT2D eigenvalue weighted by atomic mass is 32.1. The maximum absolute atomic E-state index is 11.9. The Kier molecular flexibility index (Phi) is 4.58. The van der Waals surface area contributed by atoms with Crippen LogP contribution in [0, 0.1) is 0 Å². The molecule has 0 saturated heterocycles. The number of hydrogen-bond acceptors (Lipinski definition) is 3. The second kappa shape index (κ2) is 6.65. The van der Waals surface area contributed by atoms with Gasteiger partial charge in [-0.05, 0) is 37.1 Å². The van der Waals surface area contributed by atoms with Gasteiger partial charge in [-0.15, -0.1) is 11.3 Å². The summed E-state index contributed by atoms with van der Waals surface area (Å²) in [5.41, 5.74) is -0.377. The molecule has 1 heterocycles. The van der Waals surface area contributed by atoms with Crippen LogP contribution in [0.3, 0.4) is 0 Å². The summed E-state index contributed by atoms with van der Waals surface area (Å²) in [5, 5.41) is 10.7. The van der Waals surface area contributed by atoms with Crippen molar-refractivity contribution < 1.29 is 14.6 Å². The monoisotopic (exact) mass is 340 g/mol. The summed E-state index contributed by atoms with van der Waals surface area (Å²) in [6.45, 7) is 3.75. The molecule has 0 spiro atoms. The number of aliphatic carboxylic acids is 1. The number of carboxylic acids is 1. The molecule has 4 heteroatoms. The molecule has 0 aliphatic rings. The molecule has 1 atom stereocenters. The molecule has 1 aromatic heterocycles. The van der Waals surface area contributed by atoms with Gasteiger partial charge in [0.05, 0.1) is 0 Å². The average molecular weight is 340 g/mol. The quantitative estimate of drug-likeness (QED) is 0.692. The molecule has 3 rings (SSSR count). The van der Waals surface area contributed by atoms with Crippen molar-refractivity contribution in [2.45, 2.75) is 32.3 Å². The lowest BCUT2D eigenvalue weighted by atomic mass is 9.96. The zero-order chi connectivity index (χ0) is 17.2. The van der Waals surface area contributed by atoms with Crippen LogP contribution in [0.5, 0.6) is 5.75 Å². The predicted octanol–water partition coefficient (Wildman–Crippen LogP) is 4.93. The van der Waals surface area contributed by atoms with Gasteiger partial charge >= 0.3 is 5.97 Å². The van der Waals surface area contributed by atoms with Crippen molar-refractivity contribution in [1.82, 2.24) is 0 Å². The number of carboxylic acid groups (broad SMARTS) is 1. The summed E-state index contributed by atoms with van der Waals surface area (Å²) in [7, 11) is 0. The lowest BCUT2D eigenvalue weighted by Gasteiger charge is -2.27. The van der Waals surface area contributed by atoms with Crippen LogP contribution in [0.2, 0.25) is 0 Å². The molecule has 2 aromatic carbocycles. The Hall–Kier alpha value is -2.33. The van der Waals surface area contributed by atoms with E-state index in [-0.39, 0.29) is 0 Å². The highest BCUT2D eigenvalue weighted by molar-refractivity contribution is 7.19. The van der Waals surface area contributed by atoms with Crippen LogP contribution in [0.1, 0.15) is 24.3 Å². The number of thiophene rings is 1. The molecule has 0 aliphatic carbocycles. The maximum atomic E-state index is 11.9. The first kappa shape index (κ1) is 16.5. The minimum absolute atomic E-state index is 0.310. The van der Waals surface area contributed by atoms with E-state index in [9.17, 15) is 9.90 Å². The Morgan fingerprint density at radius 2 is 1.92 bits per heavy atom.